The van der Waals surface area contributed by atoms with Crippen LogP contribution < -0.4 is 4.74 Å². The Bertz CT molecular complexity index is 629. The minimum atomic E-state index is 0.447. The highest BCUT2D eigenvalue weighted by Crippen LogP contribution is 2.21. The van der Waals surface area contributed by atoms with Gasteiger partial charge in [0.2, 0.25) is 0 Å². The lowest BCUT2D eigenvalue weighted by molar-refractivity contribution is 0.344. The van der Waals surface area contributed by atoms with Gasteiger partial charge in [0.05, 0.1) is 19.1 Å². The van der Waals surface area contributed by atoms with Crippen molar-refractivity contribution in [3.05, 3.63) is 59.2 Å². The number of hydrogen-bond donors (Lipinski definition) is 0. The maximum atomic E-state index is 8.62. The summed E-state index contributed by atoms with van der Waals surface area (Å²) in [6.45, 7) is 4.94. The molecule has 0 bridgehead atoms. The Morgan fingerprint density at radius 3 is 2.48 bits per heavy atom. The van der Waals surface area contributed by atoms with E-state index >= 15 is 0 Å². The summed E-state index contributed by atoms with van der Waals surface area (Å²) >= 11 is 1.81. The van der Waals surface area contributed by atoms with Crippen molar-refractivity contribution in [1.82, 2.24) is 0 Å². The van der Waals surface area contributed by atoms with E-state index in [4.69, 9.17) is 10.00 Å². The number of ether oxygens (including phenoxy) is 1. The first-order chi connectivity index (χ1) is 10.2. The molecule has 21 heavy (non-hydrogen) atoms. The standard InChI is InChI=1S/C18H19NOS/c1-14-3-8-18(13-15(14)2)21-12-11-20-17-6-4-16(5-7-17)9-10-19/h3-8,13H,9,11-12H2,1-2H3. The van der Waals surface area contributed by atoms with Gasteiger partial charge in [-0.1, -0.05) is 18.2 Å². The van der Waals surface area contributed by atoms with Gasteiger partial charge in [-0.05, 0) is 54.8 Å². The minimum Gasteiger partial charge on any atom is -0.493 e. The zero-order valence-corrected chi connectivity index (χ0v) is 13.2. The molecule has 0 saturated carbocycles. The quantitative estimate of drug-likeness (QED) is 0.579. The van der Waals surface area contributed by atoms with Crippen LogP contribution in [0.4, 0.5) is 0 Å². The van der Waals surface area contributed by atoms with Crippen molar-refractivity contribution in [1.29, 1.82) is 5.26 Å². The van der Waals surface area contributed by atoms with E-state index in [9.17, 15) is 0 Å². The normalized spacial score (nSPS) is 10.1. The third-order valence-corrected chi connectivity index (χ3v) is 4.26. The van der Waals surface area contributed by atoms with Crippen LogP contribution in [0.3, 0.4) is 0 Å². The van der Waals surface area contributed by atoms with Crippen LogP contribution in [-0.4, -0.2) is 12.4 Å². The SMILES string of the molecule is Cc1ccc(SCCOc2ccc(CC#N)cc2)cc1C. The molecule has 0 amide bonds. The molecule has 0 aliphatic rings. The third-order valence-electron chi connectivity index (χ3n) is 3.31. The maximum Gasteiger partial charge on any atom is 0.119 e. The molecule has 0 aromatic heterocycles. The van der Waals surface area contributed by atoms with Gasteiger partial charge in [0.15, 0.2) is 0 Å². The zero-order chi connectivity index (χ0) is 15.1. The molecule has 0 N–H and O–H groups in total. The molecular formula is C18H19NOS. The number of benzene rings is 2. The first-order valence-electron chi connectivity index (χ1n) is 6.98. The molecule has 108 valence electrons. The predicted molar refractivity (Wildman–Crippen MR) is 87.9 cm³/mol. The number of nitriles is 1. The zero-order valence-electron chi connectivity index (χ0n) is 12.4. The van der Waals surface area contributed by atoms with Crippen LogP contribution in [0.15, 0.2) is 47.4 Å². The second-order valence-corrected chi connectivity index (χ2v) is 6.09. The van der Waals surface area contributed by atoms with Gasteiger partial charge < -0.3 is 4.74 Å². The second kappa shape index (κ2) is 7.75. The summed E-state index contributed by atoms with van der Waals surface area (Å²) in [6.07, 6.45) is 0.447. The Morgan fingerprint density at radius 1 is 1.05 bits per heavy atom. The lowest BCUT2D eigenvalue weighted by atomic mass is 10.1. The van der Waals surface area contributed by atoms with Crippen LogP contribution in [-0.2, 0) is 6.42 Å². The summed E-state index contributed by atoms with van der Waals surface area (Å²) in [5.41, 5.74) is 3.68. The summed E-state index contributed by atoms with van der Waals surface area (Å²) in [4.78, 5) is 1.28. The largest absolute Gasteiger partial charge is 0.493 e. The molecule has 2 rings (SSSR count). The molecule has 0 aliphatic heterocycles. The Morgan fingerprint density at radius 2 is 1.81 bits per heavy atom. The minimum absolute atomic E-state index is 0.447. The van der Waals surface area contributed by atoms with Crippen molar-refractivity contribution in [3.63, 3.8) is 0 Å². The summed E-state index contributed by atoms with van der Waals surface area (Å²) in [5, 5.41) is 8.62. The summed E-state index contributed by atoms with van der Waals surface area (Å²) in [5.74, 6) is 1.78. The third kappa shape index (κ3) is 4.84. The number of rotatable bonds is 6. The van der Waals surface area contributed by atoms with E-state index in [-0.39, 0.29) is 0 Å². The van der Waals surface area contributed by atoms with Crippen molar-refractivity contribution >= 4 is 11.8 Å². The average molecular weight is 297 g/mol. The van der Waals surface area contributed by atoms with Gasteiger partial charge in [0, 0.05) is 10.6 Å². The first-order valence-corrected chi connectivity index (χ1v) is 7.96. The number of nitrogens with zero attached hydrogens (tertiary/aromatic N) is 1. The van der Waals surface area contributed by atoms with Gasteiger partial charge in [-0.25, -0.2) is 0 Å². The van der Waals surface area contributed by atoms with Gasteiger partial charge in [-0.2, -0.15) is 5.26 Å². The van der Waals surface area contributed by atoms with Crippen LogP contribution in [0.1, 0.15) is 16.7 Å². The highest BCUT2D eigenvalue weighted by atomic mass is 32.2. The molecule has 2 aromatic carbocycles. The highest BCUT2D eigenvalue weighted by Gasteiger charge is 1.99. The molecule has 2 aromatic rings. The Balaban J connectivity index is 1.76. The Labute approximate surface area is 130 Å². The topological polar surface area (TPSA) is 33.0 Å². The summed E-state index contributed by atoms with van der Waals surface area (Å²) in [7, 11) is 0. The molecule has 0 atom stereocenters. The average Bonchev–Trinajstić information content (AvgIpc) is 2.49. The van der Waals surface area contributed by atoms with E-state index < -0.39 is 0 Å². The molecule has 0 spiro atoms. The van der Waals surface area contributed by atoms with Crippen LogP contribution in [0.5, 0.6) is 5.75 Å². The molecule has 0 radical (unpaired) electrons. The Kier molecular flexibility index (Phi) is 5.71. The molecule has 2 nitrogen and oxygen atoms in total. The fourth-order valence-corrected chi connectivity index (χ4v) is 2.74. The van der Waals surface area contributed by atoms with E-state index in [1.807, 2.05) is 24.3 Å². The van der Waals surface area contributed by atoms with Crippen LogP contribution >= 0.6 is 11.8 Å². The number of hydrogen-bond acceptors (Lipinski definition) is 3. The van der Waals surface area contributed by atoms with Gasteiger partial charge in [0.1, 0.15) is 5.75 Å². The smallest absolute Gasteiger partial charge is 0.119 e. The summed E-state index contributed by atoms with van der Waals surface area (Å²) in [6, 6.07) is 16.4. The van der Waals surface area contributed by atoms with Crippen LogP contribution in [0, 0.1) is 25.2 Å². The lowest BCUT2D eigenvalue weighted by Crippen LogP contribution is -2.00. The molecule has 3 heteroatoms. The predicted octanol–water partition coefficient (Wildman–Crippen LogP) is 4.54. The van der Waals surface area contributed by atoms with E-state index in [0.717, 1.165) is 17.1 Å². The maximum absolute atomic E-state index is 8.62. The van der Waals surface area contributed by atoms with Crippen molar-refractivity contribution in [2.24, 2.45) is 0 Å². The Hall–Kier alpha value is -1.92. The first kappa shape index (κ1) is 15.5. The molecule has 0 saturated heterocycles. The van der Waals surface area contributed by atoms with Gasteiger partial charge >= 0.3 is 0 Å². The second-order valence-electron chi connectivity index (χ2n) is 4.92. The molecule has 0 fully saturated rings. The molecule has 0 aliphatic carbocycles. The molecular weight excluding hydrogens is 278 g/mol. The van der Waals surface area contributed by atoms with Gasteiger partial charge in [-0.3, -0.25) is 0 Å². The monoisotopic (exact) mass is 297 g/mol. The van der Waals surface area contributed by atoms with Crippen LogP contribution in [0.25, 0.3) is 0 Å². The lowest BCUT2D eigenvalue weighted by Gasteiger charge is -2.07. The van der Waals surface area contributed by atoms with Gasteiger partial charge in [-0.15, -0.1) is 11.8 Å². The van der Waals surface area contributed by atoms with E-state index in [2.05, 4.69) is 38.1 Å². The molecule has 0 heterocycles. The number of aryl methyl sites for hydroxylation is 2. The van der Waals surface area contributed by atoms with Crippen molar-refractivity contribution < 1.29 is 4.74 Å². The highest BCUT2D eigenvalue weighted by molar-refractivity contribution is 7.99. The number of thioether (sulfide) groups is 1. The van der Waals surface area contributed by atoms with Crippen molar-refractivity contribution in [2.45, 2.75) is 25.2 Å². The summed E-state index contributed by atoms with van der Waals surface area (Å²) < 4.78 is 5.71. The molecule has 0 unspecified atom stereocenters. The van der Waals surface area contributed by atoms with Crippen molar-refractivity contribution in [2.75, 3.05) is 12.4 Å². The fraction of sp³-hybridized carbons (Fsp3) is 0.278. The van der Waals surface area contributed by atoms with E-state index in [1.54, 1.807) is 11.8 Å². The van der Waals surface area contributed by atoms with Gasteiger partial charge in [0.25, 0.3) is 0 Å². The van der Waals surface area contributed by atoms with E-state index in [1.165, 1.54) is 16.0 Å². The fourth-order valence-electron chi connectivity index (χ4n) is 1.92. The van der Waals surface area contributed by atoms with Crippen LogP contribution in [0.2, 0.25) is 0 Å². The van der Waals surface area contributed by atoms with E-state index in [0.29, 0.717) is 13.0 Å². The van der Waals surface area contributed by atoms with Crippen molar-refractivity contribution in [3.8, 4) is 11.8 Å².